The Morgan fingerprint density at radius 3 is 2.66 bits per heavy atom. The Morgan fingerprint density at radius 2 is 1.88 bits per heavy atom. The summed E-state index contributed by atoms with van der Waals surface area (Å²) in [6.07, 6.45) is 7.07. The van der Waals surface area contributed by atoms with Gasteiger partial charge in [0.25, 0.3) is 0 Å². The Hall–Kier alpha value is -2.76. The highest BCUT2D eigenvalue weighted by atomic mass is 35.5. The van der Waals surface area contributed by atoms with Gasteiger partial charge in [0.1, 0.15) is 5.82 Å². The number of halogens is 1. The molecule has 5 nitrogen and oxygen atoms in total. The molecular formula is C26H28ClN3O2. The number of nitrogens with zero attached hydrogens (tertiary/aromatic N) is 3. The van der Waals surface area contributed by atoms with Crippen LogP contribution in [0.2, 0.25) is 5.02 Å². The van der Waals surface area contributed by atoms with Crippen LogP contribution in [-0.4, -0.2) is 32.5 Å². The van der Waals surface area contributed by atoms with Crippen LogP contribution in [0.4, 0.5) is 0 Å². The number of piperidine rings is 1. The van der Waals surface area contributed by atoms with Gasteiger partial charge in [0.2, 0.25) is 0 Å². The highest BCUT2D eigenvalue weighted by molar-refractivity contribution is 6.30. The third-order valence-corrected chi connectivity index (χ3v) is 6.26. The second kappa shape index (κ2) is 10.7. The first-order chi connectivity index (χ1) is 15.6. The molecule has 166 valence electrons. The molecule has 0 radical (unpaired) electrons. The third kappa shape index (κ3) is 5.72. The number of hydrogen-bond donors (Lipinski definition) is 1. The number of aromatic carboxylic acids is 1. The van der Waals surface area contributed by atoms with Gasteiger partial charge in [-0.3, -0.25) is 4.90 Å². The first-order valence-corrected chi connectivity index (χ1v) is 11.6. The molecule has 0 amide bonds. The van der Waals surface area contributed by atoms with Gasteiger partial charge in [0, 0.05) is 17.8 Å². The summed E-state index contributed by atoms with van der Waals surface area (Å²) < 4.78 is 0. The van der Waals surface area contributed by atoms with E-state index >= 15 is 0 Å². The van der Waals surface area contributed by atoms with Crippen molar-refractivity contribution in [3.05, 3.63) is 94.0 Å². The minimum absolute atomic E-state index is 0.0819. The quantitative estimate of drug-likeness (QED) is 0.475. The lowest BCUT2D eigenvalue weighted by Crippen LogP contribution is -2.34. The van der Waals surface area contributed by atoms with Crippen LogP contribution < -0.4 is 0 Å². The van der Waals surface area contributed by atoms with E-state index in [0.717, 1.165) is 61.6 Å². The standard InChI is InChI=1S/C26H28ClN3O2/c27-21-12-6-11-20(16-21)18-30-15-5-4-14-24(30)25-28-17-22(26(31)32)23(29-25)13-7-10-19-8-2-1-3-9-19/h1-3,6,8-9,11-12,16-17,24H,4-5,7,10,13-15,18H2,(H,31,32)/t24-/m1/s1. The molecule has 3 aromatic rings. The summed E-state index contributed by atoms with van der Waals surface area (Å²) >= 11 is 6.18. The van der Waals surface area contributed by atoms with Crippen molar-refractivity contribution in [3.63, 3.8) is 0 Å². The molecule has 2 aromatic carbocycles. The molecule has 0 bridgehead atoms. The molecule has 1 N–H and O–H groups in total. The molecule has 1 aliphatic heterocycles. The number of likely N-dealkylation sites (tertiary alicyclic amines) is 1. The number of rotatable bonds is 8. The smallest absolute Gasteiger partial charge is 0.339 e. The summed E-state index contributed by atoms with van der Waals surface area (Å²) in [5.41, 5.74) is 3.25. The summed E-state index contributed by atoms with van der Waals surface area (Å²) in [4.78, 5) is 23.5. The van der Waals surface area contributed by atoms with Crippen molar-refractivity contribution in [2.45, 2.75) is 51.1 Å². The zero-order chi connectivity index (χ0) is 22.3. The van der Waals surface area contributed by atoms with Gasteiger partial charge in [-0.05, 0) is 61.9 Å². The molecule has 1 aromatic heterocycles. The lowest BCUT2D eigenvalue weighted by Gasteiger charge is -2.35. The fraction of sp³-hybridized carbons (Fsp3) is 0.346. The van der Waals surface area contributed by atoms with Crippen LogP contribution in [-0.2, 0) is 19.4 Å². The lowest BCUT2D eigenvalue weighted by atomic mass is 9.99. The minimum atomic E-state index is -0.967. The maximum Gasteiger partial charge on any atom is 0.339 e. The maximum absolute atomic E-state index is 11.8. The second-order valence-corrected chi connectivity index (χ2v) is 8.78. The van der Waals surface area contributed by atoms with Crippen LogP contribution in [0, 0.1) is 0 Å². The summed E-state index contributed by atoms with van der Waals surface area (Å²) in [6, 6.07) is 18.3. The zero-order valence-electron chi connectivity index (χ0n) is 18.1. The van der Waals surface area contributed by atoms with Gasteiger partial charge >= 0.3 is 5.97 Å². The van der Waals surface area contributed by atoms with E-state index in [0.29, 0.717) is 12.1 Å². The first-order valence-electron chi connectivity index (χ1n) is 11.2. The number of benzene rings is 2. The monoisotopic (exact) mass is 449 g/mol. The van der Waals surface area contributed by atoms with Gasteiger partial charge in [-0.25, -0.2) is 14.8 Å². The minimum Gasteiger partial charge on any atom is -0.478 e. The van der Waals surface area contributed by atoms with E-state index < -0.39 is 5.97 Å². The Kier molecular flexibility index (Phi) is 7.51. The predicted octanol–water partition coefficient (Wildman–Crippen LogP) is 5.73. The third-order valence-electron chi connectivity index (χ3n) is 6.02. The molecule has 0 aliphatic carbocycles. The topological polar surface area (TPSA) is 66.3 Å². The number of hydrogen-bond acceptors (Lipinski definition) is 4. The number of aromatic nitrogens is 2. The average molecular weight is 450 g/mol. The van der Waals surface area contributed by atoms with Crippen molar-refractivity contribution in [2.75, 3.05) is 6.54 Å². The fourth-order valence-electron chi connectivity index (χ4n) is 4.41. The Balaban J connectivity index is 1.53. The zero-order valence-corrected chi connectivity index (χ0v) is 18.8. The second-order valence-electron chi connectivity index (χ2n) is 8.34. The molecule has 2 heterocycles. The molecule has 1 aliphatic rings. The SMILES string of the molecule is O=C(O)c1cnc([C@H]2CCCCN2Cc2cccc(Cl)c2)nc1CCCc1ccccc1. The van der Waals surface area contributed by atoms with E-state index in [2.05, 4.69) is 28.1 Å². The molecule has 1 atom stereocenters. The molecule has 4 rings (SSSR count). The van der Waals surface area contributed by atoms with Crippen molar-refractivity contribution in [1.82, 2.24) is 14.9 Å². The van der Waals surface area contributed by atoms with Crippen LogP contribution in [0.15, 0.2) is 60.8 Å². The average Bonchev–Trinajstić information content (AvgIpc) is 2.80. The summed E-state index contributed by atoms with van der Waals surface area (Å²) in [6.45, 7) is 1.74. The van der Waals surface area contributed by atoms with Crippen molar-refractivity contribution in [1.29, 1.82) is 0 Å². The van der Waals surface area contributed by atoms with Crippen LogP contribution in [0.3, 0.4) is 0 Å². The van der Waals surface area contributed by atoms with Crippen LogP contribution in [0.1, 0.15) is 64.7 Å². The van der Waals surface area contributed by atoms with E-state index in [1.165, 1.54) is 11.8 Å². The Morgan fingerprint density at radius 1 is 1.06 bits per heavy atom. The highest BCUT2D eigenvalue weighted by Crippen LogP contribution is 2.31. The van der Waals surface area contributed by atoms with E-state index in [1.807, 2.05) is 36.4 Å². The first kappa shape index (κ1) is 22.4. The molecule has 1 fully saturated rings. The van der Waals surface area contributed by atoms with Gasteiger partial charge in [-0.1, -0.05) is 60.5 Å². The van der Waals surface area contributed by atoms with Crippen molar-refractivity contribution >= 4 is 17.6 Å². The predicted molar refractivity (Wildman–Crippen MR) is 126 cm³/mol. The van der Waals surface area contributed by atoms with Gasteiger partial charge in [-0.15, -0.1) is 0 Å². The molecule has 1 saturated heterocycles. The van der Waals surface area contributed by atoms with Gasteiger partial charge in [0.05, 0.1) is 17.3 Å². The highest BCUT2D eigenvalue weighted by Gasteiger charge is 2.27. The van der Waals surface area contributed by atoms with Crippen molar-refractivity contribution in [3.8, 4) is 0 Å². The number of carbonyl (C=O) groups is 1. The largest absolute Gasteiger partial charge is 0.478 e. The lowest BCUT2D eigenvalue weighted by molar-refractivity contribution is 0.0694. The van der Waals surface area contributed by atoms with Crippen molar-refractivity contribution < 1.29 is 9.90 Å². The molecule has 0 spiro atoms. The summed E-state index contributed by atoms with van der Waals surface area (Å²) in [7, 11) is 0. The fourth-order valence-corrected chi connectivity index (χ4v) is 4.62. The molecule has 0 unspecified atom stereocenters. The van der Waals surface area contributed by atoms with E-state index in [9.17, 15) is 9.90 Å². The van der Waals surface area contributed by atoms with Crippen molar-refractivity contribution in [2.24, 2.45) is 0 Å². The molecule has 32 heavy (non-hydrogen) atoms. The summed E-state index contributed by atoms with van der Waals surface area (Å²) in [5.74, 6) is -0.239. The van der Waals surface area contributed by atoms with Gasteiger partial charge in [-0.2, -0.15) is 0 Å². The van der Waals surface area contributed by atoms with Crippen LogP contribution in [0.5, 0.6) is 0 Å². The van der Waals surface area contributed by atoms with Crippen LogP contribution >= 0.6 is 11.6 Å². The molecule has 0 saturated carbocycles. The Labute approximate surface area is 194 Å². The van der Waals surface area contributed by atoms with E-state index in [-0.39, 0.29) is 11.6 Å². The maximum atomic E-state index is 11.8. The van der Waals surface area contributed by atoms with E-state index in [4.69, 9.17) is 16.6 Å². The van der Waals surface area contributed by atoms with Crippen LogP contribution in [0.25, 0.3) is 0 Å². The number of carboxylic acid groups (broad SMARTS) is 1. The Bertz CT molecular complexity index is 1060. The number of carboxylic acids is 1. The van der Waals surface area contributed by atoms with Gasteiger partial charge < -0.3 is 5.11 Å². The molecular weight excluding hydrogens is 422 g/mol. The summed E-state index contributed by atoms with van der Waals surface area (Å²) in [5, 5.41) is 10.4. The van der Waals surface area contributed by atoms with E-state index in [1.54, 1.807) is 0 Å². The molecule has 6 heteroatoms. The normalized spacial score (nSPS) is 16.7. The van der Waals surface area contributed by atoms with Gasteiger partial charge in [0.15, 0.2) is 0 Å². The number of aryl methyl sites for hydroxylation is 2.